The number of aromatic nitrogens is 2. The predicted molar refractivity (Wildman–Crippen MR) is 80.8 cm³/mol. The average Bonchev–Trinajstić information content (AvgIpc) is 2.97. The number of nitrogens with zero attached hydrogens (tertiary/aromatic N) is 3. The Morgan fingerprint density at radius 1 is 1.15 bits per heavy atom. The van der Waals surface area contributed by atoms with Gasteiger partial charge in [0.05, 0.1) is 13.2 Å². The standard InChI is InChI=1S/C15H20N4O/c1-2-16-15-17-7-8-19(15)14-5-3-13(4-6-14)18-9-11-20-12-10-18/h3-8H,2,9-12H2,1H3,(H,16,17). The first-order chi connectivity index (χ1) is 9.88. The first-order valence-electron chi connectivity index (χ1n) is 7.09. The Morgan fingerprint density at radius 3 is 2.55 bits per heavy atom. The Hall–Kier alpha value is -2.01. The van der Waals surface area contributed by atoms with Gasteiger partial charge in [0.15, 0.2) is 0 Å². The van der Waals surface area contributed by atoms with Gasteiger partial charge >= 0.3 is 0 Å². The lowest BCUT2D eigenvalue weighted by atomic mass is 10.2. The molecule has 0 saturated carbocycles. The van der Waals surface area contributed by atoms with Crippen LogP contribution in [0.4, 0.5) is 11.6 Å². The van der Waals surface area contributed by atoms with Gasteiger partial charge in [-0.25, -0.2) is 4.98 Å². The zero-order valence-electron chi connectivity index (χ0n) is 11.7. The van der Waals surface area contributed by atoms with Crippen molar-refractivity contribution >= 4 is 11.6 Å². The van der Waals surface area contributed by atoms with E-state index in [9.17, 15) is 0 Å². The quantitative estimate of drug-likeness (QED) is 0.926. The van der Waals surface area contributed by atoms with Crippen molar-refractivity contribution in [3.8, 4) is 5.69 Å². The molecule has 1 saturated heterocycles. The maximum atomic E-state index is 5.38. The van der Waals surface area contributed by atoms with Gasteiger partial charge in [-0.15, -0.1) is 0 Å². The summed E-state index contributed by atoms with van der Waals surface area (Å²) in [5, 5.41) is 3.26. The Balaban J connectivity index is 1.79. The number of morpholine rings is 1. The van der Waals surface area contributed by atoms with Crippen LogP contribution in [0.3, 0.4) is 0 Å². The molecule has 2 heterocycles. The fourth-order valence-electron chi connectivity index (χ4n) is 2.45. The number of hydrogen-bond acceptors (Lipinski definition) is 4. The predicted octanol–water partition coefficient (Wildman–Crippen LogP) is 2.14. The van der Waals surface area contributed by atoms with Gasteiger partial charge in [-0.3, -0.25) is 4.57 Å². The zero-order chi connectivity index (χ0) is 13.8. The average molecular weight is 272 g/mol. The molecule has 1 aliphatic heterocycles. The van der Waals surface area contributed by atoms with Crippen molar-refractivity contribution in [3.05, 3.63) is 36.7 Å². The molecule has 0 radical (unpaired) electrons. The number of imidazole rings is 1. The van der Waals surface area contributed by atoms with Crippen LogP contribution in [-0.4, -0.2) is 42.4 Å². The van der Waals surface area contributed by atoms with Gasteiger partial charge in [0.25, 0.3) is 0 Å². The second-order valence-corrected chi connectivity index (χ2v) is 4.77. The molecule has 2 aromatic rings. The number of benzene rings is 1. The zero-order valence-corrected chi connectivity index (χ0v) is 11.7. The maximum Gasteiger partial charge on any atom is 0.207 e. The molecule has 0 aliphatic carbocycles. The summed E-state index contributed by atoms with van der Waals surface area (Å²) in [6.07, 6.45) is 3.79. The largest absolute Gasteiger partial charge is 0.378 e. The first kappa shape index (κ1) is 13.0. The van der Waals surface area contributed by atoms with E-state index in [-0.39, 0.29) is 0 Å². The summed E-state index contributed by atoms with van der Waals surface area (Å²) >= 11 is 0. The highest BCUT2D eigenvalue weighted by Gasteiger charge is 2.11. The summed E-state index contributed by atoms with van der Waals surface area (Å²) < 4.78 is 7.45. The monoisotopic (exact) mass is 272 g/mol. The molecule has 0 atom stereocenters. The van der Waals surface area contributed by atoms with Crippen molar-refractivity contribution in [2.75, 3.05) is 43.1 Å². The van der Waals surface area contributed by atoms with Gasteiger partial charge in [-0.05, 0) is 31.2 Å². The fourth-order valence-corrected chi connectivity index (χ4v) is 2.45. The van der Waals surface area contributed by atoms with Crippen LogP contribution in [0.5, 0.6) is 0 Å². The second kappa shape index (κ2) is 5.96. The van der Waals surface area contributed by atoms with Crippen molar-refractivity contribution in [2.45, 2.75) is 6.92 Å². The van der Waals surface area contributed by atoms with E-state index in [4.69, 9.17) is 4.74 Å². The highest BCUT2D eigenvalue weighted by Crippen LogP contribution is 2.20. The van der Waals surface area contributed by atoms with E-state index in [1.165, 1.54) is 5.69 Å². The minimum absolute atomic E-state index is 0.813. The van der Waals surface area contributed by atoms with Gasteiger partial charge in [-0.1, -0.05) is 0 Å². The molecule has 1 aliphatic rings. The first-order valence-corrected chi connectivity index (χ1v) is 7.09. The fraction of sp³-hybridized carbons (Fsp3) is 0.400. The molecule has 0 unspecified atom stereocenters. The summed E-state index contributed by atoms with van der Waals surface area (Å²) in [5.74, 6) is 0.881. The van der Waals surface area contributed by atoms with Crippen LogP contribution in [-0.2, 0) is 4.74 Å². The van der Waals surface area contributed by atoms with Gasteiger partial charge in [-0.2, -0.15) is 0 Å². The van der Waals surface area contributed by atoms with Crippen LogP contribution >= 0.6 is 0 Å². The lowest BCUT2D eigenvalue weighted by molar-refractivity contribution is 0.122. The lowest BCUT2D eigenvalue weighted by Crippen LogP contribution is -2.36. The molecular formula is C15H20N4O. The number of hydrogen-bond donors (Lipinski definition) is 1. The molecule has 3 rings (SSSR count). The van der Waals surface area contributed by atoms with Crippen LogP contribution in [0.25, 0.3) is 5.69 Å². The van der Waals surface area contributed by atoms with Gasteiger partial charge in [0.1, 0.15) is 0 Å². The highest BCUT2D eigenvalue weighted by molar-refractivity contribution is 5.53. The molecule has 0 bridgehead atoms. The number of anilines is 2. The third-order valence-corrected chi connectivity index (χ3v) is 3.48. The number of nitrogens with one attached hydrogen (secondary N) is 1. The van der Waals surface area contributed by atoms with Crippen LogP contribution in [0.1, 0.15) is 6.92 Å². The van der Waals surface area contributed by atoms with Crippen LogP contribution < -0.4 is 10.2 Å². The molecule has 106 valence electrons. The number of rotatable bonds is 4. The van der Waals surface area contributed by atoms with Crippen molar-refractivity contribution in [2.24, 2.45) is 0 Å². The summed E-state index contributed by atoms with van der Waals surface area (Å²) in [4.78, 5) is 6.67. The van der Waals surface area contributed by atoms with Crippen molar-refractivity contribution in [1.82, 2.24) is 9.55 Å². The highest BCUT2D eigenvalue weighted by atomic mass is 16.5. The molecule has 1 fully saturated rings. The maximum absolute atomic E-state index is 5.38. The Bertz CT molecular complexity index is 543. The normalized spacial score (nSPS) is 15.3. The summed E-state index contributed by atoms with van der Waals surface area (Å²) in [7, 11) is 0. The SMILES string of the molecule is CCNc1nccn1-c1ccc(N2CCOCC2)cc1. The third-order valence-electron chi connectivity index (χ3n) is 3.48. The minimum Gasteiger partial charge on any atom is -0.378 e. The molecule has 1 aromatic heterocycles. The molecule has 0 spiro atoms. The summed E-state index contributed by atoms with van der Waals surface area (Å²) in [5.41, 5.74) is 2.37. The Morgan fingerprint density at radius 2 is 1.85 bits per heavy atom. The smallest absolute Gasteiger partial charge is 0.207 e. The van der Waals surface area contributed by atoms with Crippen molar-refractivity contribution < 1.29 is 4.74 Å². The molecule has 1 aromatic carbocycles. The van der Waals surface area contributed by atoms with Crippen LogP contribution in [0.2, 0.25) is 0 Å². The van der Waals surface area contributed by atoms with E-state index in [1.54, 1.807) is 0 Å². The Labute approximate surface area is 119 Å². The molecule has 1 N–H and O–H groups in total. The molecule has 5 nitrogen and oxygen atoms in total. The van der Waals surface area contributed by atoms with E-state index in [1.807, 2.05) is 12.4 Å². The third kappa shape index (κ3) is 2.63. The van der Waals surface area contributed by atoms with Gasteiger partial charge in [0, 0.05) is 43.4 Å². The van der Waals surface area contributed by atoms with E-state index in [0.29, 0.717) is 0 Å². The number of ether oxygens (including phenoxy) is 1. The van der Waals surface area contributed by atoms with Crippen molar-refractivity contribution in [1.29, 1.82) is 0 Å². The van der Waals surface area contributed by atoms with Crippen LogP contribution in [0, 0.1) is 0 Å². The van der Waals surface area contributed by atoms with Gasteiger partial charge in [0.2, 0.25) is 5.95 Å². The van der Waals surface area contributed by atoms with E-state index >= 15 is 0 Å². The summed E-state index contributed by atoms with van der Waals surface area (Å²) in [6, 6.07) is 8.59. The van der Waals surface area contributed by atoms with E-state index in [0.717, 1.165) is 44.5 Å². The summed E-state index contributed by atoms with van der Waals surface area (Å²) in [6.45, 7) is 6.49. The molecule has 5 heteroatoms. The second-order valence-electron chi connectivity index (χ2n) is 4.77. The Kier molecular flexibility index (Phi) is 3.87. The molecular weight excluding hydrogens is 252 g/mol. The topological polar surface area (TPSA) is 42.3 Å². The van der Waals surface area contributed by atoms with E-state index in [2.05, 4.69) is 51.0 Å². The van der Waals surface area contributed by atoms with E-state index < -0.39 is 0 Å². The molecule has 20 heavy (non-hydrogen) atoms. The minimum atomic E-state index is 0.813. The van der Waals surface area contributed by atoms with Gasteiger partial charge < -0.3 is 15.0 Å². The van der Waals surface area contributed by atoms with Crippen LogP contribution in [0.15, 0.2) is 36.7 Å². The lowest BCUT2D eigenvalue weighted by Gasteiger charge is -2.29. The van der Waals surface area contributed by atoms with Crippen molar-refractivity contribution in [3.63, 3.8) is 0 Å². The molecule has 0 amide bonds.